The van der Waals surface area contributed by atoms with Gasteiger partial charge in [0.2, 0.25) is 0 Å². The number of anilines is 4. The Morgan fingerprint density at radius 3 is 2.07 bits per heavy atom. The first-order valence-corrected chi connectivity index (χ1v) is 9.80. The van der Waals surface area contributed by atoms with E-state index in [4.69, 9.17) is 0 Å². The number of hydrogen-bond donors (Lipinski definition) is 2. The minimum Gasteiger partial charge on any atom is -0.378 e. The van der Waals surface area contributed by atoms with Crippen LogP contribution < -0.4 is 14.9 Å². The van der Waals surface area contributed by atoms with E-state index >= 15 is 0 Å². The number of aromatic nitrogens is 2. The van der Waals surface area contributed by atoms with E-state index in [2.05, 4.69) is 20.2 Å². The highest BCUT2D eigenvalue weighted by atomic mass is 32.2. The summed E-state index contributed by atoms with van der Waals surface area (Å²) in [5.41, 5.74) is 2.62. The van der Waals surface area contributed by atoms with Crippen molar-refractivity contribution >= 4 is 33.0 Å². The summed E-state index contributed by atoms with van der Waals surface area (Å²) in [7, 11) is 0.247. The number of nitrogens with zero attached hydrogens (tertiary/aromatic N) is 3. The maximum Gasteiger partial charge on any atom is 0.263 e. The molecule has 0 amide bonds. The van der Waals surface area contributed by atoms with Gasteiger partial charge in [0.05, 0.1) is 4.90 Å². The lowest BCUT2D eigenvalue weighted by atomic mass is 10.2. The van der Waals surface area contributed by atoms with E-state index < -0.39 is 10.0 Å². The number of hydrogen-bond acceptors (Lipinski definition) is 6. The Labute approximate surface area is 159 Å². The molecule has 3 rings (SSSR count). The second-order valence-electron chi connectivity index (χ2n) is 6.24. The highest BCUT2D eigenvalue weighted by molar-refractivity contribution is 7.92. The van der Waals surface area contributed by atoms with Gasteiger partial charge in [-0.2, -0.15) is 0 Å². The summed E-state index contributed by atoms with van der Waals surface area (Å²) in [6.45, 7) is 1.74. The summed E-state index contributed by atoms with van der Waals surface area (Å²) in [4.78, 5) is 2.23. The van der Waals surface area contributed by atoms with Crippen LogP contribution in [0.3, 0.4) is 0 Å². The fourth-order valence-electron chi connectivity index (χ4n) is 2.49. The van der Waals surface area contributed by atoms with Crippen molar-refractivity contribution in [2.45, 2.75) is 11.8 Å². The Bertz CT molecular complexity index is 1020. The van der Waals surface area contributed by atoms with Gasteiger partial charge in [0.15, 0.2) is 11.6 Å². The van der Waals surface area contributed by atoms with Gasteiger partial charge in [0.1, 0.15) is 0 Å². The van der Waals surface area contributed by atoms with Crippen LogP contribution in [0.4, 0.5) is 23.0 Å². The molecule has 0 spiro atoms. The van der Waals surface area contributed by atoms with Gasteiger partial charge in [0, 0.05) is 25.5 Å². The highest BCUT2D eigenvalue weighted by Gasteiger charge is 2.17. The Balaban J connectivity index is 1.71. The number of sulfonamides is 1. The fraction of sp³-hybridized carbons (Fsp3) is 0.158. The molecular weight excluding hydrogens is 362 g/mol. The lowest BCUT2D eigenvalue weighted by Crippen LogP contribution is -2.15. The third-order valence-corrected chi connectivity index (χ3v) is 5.46. The zero-order valence-electron chi connectivity index (χ0n) is 15.3. The Morgan fingerprint density at radius 2 is 1.48 bits per heavy atom. The first kappa shape index (κ1) is 18.7. The van der Waals surface area contributed by atoms with Crippen LogP contribution in [0.15, 0.2) is 65.6 Å². The van der Waals surface area contributed by atoms with Crippen molar-refractivity contribution in [1.29, 1.82) is 0 Å². The van der Waals surface area contributed by atoms with Crippen LogP contribution in [0, 0.1) is 6.92 Å². The van der Waals surface area contributed by atoms with Crippen molar-refractivity contribution in [3.8, 4) is 0 Å². The van der Waals surface area contributed by atoms with E-state index in [0.717, 1.165) is 11.4 Å². The van der Waals surface area contributed by atoms with Crippen molar-refractivity contribution in [2.24, 2.45) is 0 Å². The number of rotatable bonds is 6. The van der Waals surface area contributed by atoms with Gasteiger partial charge >= 0.3 is 0 Å². The average molecular weight is 383 g/mol. The van der Waals surface area contributed by atoms with Crippen molar-refractivity contribution in [1.82, 2.24) is 10.2 Å². The highest BCUT2D eigenvalue weighted by Crippen LogP contribution is 2.20. The predicted molar refractivity (Wildman–Crippen MR) is 108 cm³/mol. The van der Waals surface area contributed by atoms with Crippen molar-refractivity contribution in [3.63, 3.8) is 0 Å². The van der Waals surface area contributed by atoms with Gasteiger partial charge in [-0.15, -0.1) is 10.2 Å². The number of nitrogens with one attached hydrogen (secondary N) is 2. The molecular formula is C19H21N5O2S. The average Bonchev–Trinajstić information content (AvgIpc) is 2.64. The summed E-state index contributed by atoms with van der Waals surface area (Å²) in [6, 6.07) is 17.9. The van der Waals surface area contributed by atoms with Crippen molar-refractivity contribution in [3.05, 3.63) is 66.2 Å². The standard InChI is InChI=1S/C19H21N5O2S/c1-14-6-4-5-7-17(14)27(25,26)23-19-13-12-18(21-22-19)20-15-8-10-16(11-9-15)24(2)3/h4-13H,1-3H3,(H,20,21)(H,22,23). The van der Waals surface area contributed by atoms with Gasteiger partial charge in [-0.3, -0.25) is 4.72 Å². The van der Waals surface area contributed by atoms with Crippen LogP contribution >= 0.6 is 0 Å². The van der Waals surface area contributed by atoms with E-state index in [1.54, 1.807) is 43.3 Å². The third-order valence-electron chi connectivity index (χ3n) is 3.94. The topological polar surface area (TPSA) is 87.2 Å². The molecule has 3 aromatic rings. The molecule has 0 aliphatic rings. The Morgan fingerprint density at radius 1 is 0.852 bits per heavy atom. The van der Waals surface area contributed by atoms with Gasteiger partial charge < -0.3 is 10.2 Å². The molecule has 0 unspecified atom stereocenters. The molecule has 0 atom stereocenters. The second kappa shape index (κ2) is 7.63. The number of aryl methyl sites for hydroxylation is 1. The van der Waals surface area contributed by atoms with Crippen LogP contribution in [0.25, 0.3) is 0 Å². The normalized spacial score (nSPS) is 11.1. The maximum atomic E-state index is 12.5. The molecule has 0 bridgehead atoms. The van der Waals surface area contributed by atoms with Crippen LogP contribution in [0.1, 0.15) is 5.56 Å². The van der Waals surface area contributed by atoms with Crippen molar-refractivity contribution < 1.29 is 8.42 Å². The molecule has 1 heterocycles. The summed E-state index contributed by atoms with van der Waals surface area (Å²) < 4.78 is 27.4. The van der Waals surface area contributed by atoms with Gasteiger partial charge in [-0.25, -0.2) is 8.42 Å². The van der Waals surface area contributed by atoms with Crippen molar-refractivity contribution in [2.75, 3.05) is 29.0 Å². The smallest absolute Gasteiger partial charge is 0.263 e. The predicted octanol–water partition coefficient (Wildman–Crippen LogP) is 3.40. The fourth-order valence-corrected chi connectivity index (χ4v) is 3.74. The van der Waals surface area contributed by atoms with Crippen LogP contribution in [0.5, 0.6) is 0 Å². The molecule has 140 valence electrons. The van der Waals surface area contributed by atoms with Crippen LogP contribution in [-0.4, -0.2) is 32.7 Å². The molecule has 1 aromatic heterocycles. The van der Waals surface area contributed by atoms with Crippen LogP contribution in [0.2, 0.25) is 0 Å². The first-order chi connectivity index (χ1) is 12.8. The molecule has 0 saturated carbocycles. The zero-order valence-corrected chi connectivity index (χ0v) is 16.2. The molecule has 0 aliphatic heterocycles. The summed E-state index contributed by atoms with van der Waals surface area (Å²) >= 11 is 0. The molecule has 2 N–H and O–H groups in total. The third kappa shape index (κ3) is 4.53. The monoisotopic (exact) mass is 383 g/mol. The van der Waals surface area contributed by atoms with E-state index in [9.17, 15) is 8.42 Å². The summed E-state index contributed by atoms with van der Waals surface area (Å²) in [5, 5.41) is 11.1. The lowest BCUT2D eigenvalue weighted by Gasteiger charge is -2.13. The van der Waals surface area contributed by atoms with Crippen LogP contribution in [-0.2, 0) is 10.0 Å². The summed E-state index contributed by atoms with van der Waals surface area (Å²) in [5.74, 6) is 0.679. The van der Waals surface area contributed by atoms with Gasteiger partial charge in [-0.05, 0) is 55.0 Å². The molecule has 0 saturated heterocycles. The van der Waals surface area contributed by atoms with E-state index in [0.29, 0.717) is 11.4 Å². The van der Waals surface area contributed by atoms with Gasteiger partial charge in [-0.1, -0.05) is 18.2 Å². The van der Waals surface area contributed by atoms with E-state index in [1.807, 2.05) is 43.3 Å². The second-order valence-corrected chi connectivity index (χ2v) is 7.89. The molecule has 0 radical (unpaired) electrons. The summed E-state index contributed by atoms with van der Waals surface area (Å²) in [6.07, 6.45) is 0. The molecule has 0 fully saturated rings. The molecule has 8 heteroatoms. The lowest BCUT2D eigenvalue weighted by molar-refractivity contribution is 0.600. The SMILES string of the molecule is Cc1ccccc1S(=O)(=O)Nc1ccc(Nc2ccc(N(C)C)cc2)nn1. The Kier molecular flexibility index (Phi) is 5.27. The van der Waals surface area contributed by atoms with Gasteiger partial charge in [0.25, 0.3) is 10.0 Å². The Hall–Kier alpha value is -3.13. The maximum absolute atomic E-state index is 12.5. The largest absolute Gasteiger partial charge is 0.378 e. The van der Waals surface area contributed by atoms with E-state index in [1.165, 1.54) is 0 Å². The minimum atomic E-state index is -3.71. The molecule has 7 nitrogen and oxygen atoms in total. The van der Waals surface area contributed by atoms with E-state index in [-0.39, 0.29) is 10.7 Å². The minimum absolute atomic E-state index is 0.159. The molecule has 2 aromatic carbocycles. The molecule has 27 heavy (non-hydrogen) atoms. The first-order valence-electron chi connectivity index (χ1n) is 8.32. The quantitative estimate of drug-likeness (QED) is 0.678. The zero-order chi connectivity index (χ0) is 19.4. The number of benzene rings is 2. The molecule has 0 aliphatic carbocycles.